The van der Waals surface area contributed by atoms with Gasteiger partial charge in [-0.05, 0) is 89.3 Å². The van der Waals surface area contributed by atoms with Crippen LogP contribution in [0.4, 0.5) is 17.1 Å². The quantitative estimate of drug-likeness (QED) is 0.189. The van der Waals surface area contributed by atoms with Gasteiger partial charge in [0.25, 0.3) is 0 Å². The fraction of sp³-hybridized carbons (Fsp3) is 0. The Morgan fingerprint density at radius 3 is 2.10 bits per heavy atom. The van der Waals surface area contributed by atoms with Crippen molar-refractivity contribution in [1.82, 2.24) is 0 Å². The minimum absolute atomic E-state index is 0.861. The lowest BCUT2D eigenvalue weighted by Gasteiger charge is -2.27. The van der Waals surface area contributed by atoms with Crippen LogP contribution in [0.2, 0.25) is 0 Å². The highest BCUT2D eigenvalue weighted by Crippen LogP contribution is 2.46. The van der Waals surface area contributed by atoms with E-state index in [4.69, 9.17) is 8.83 Å². The standard InChI is InChI=1S/C46H27NO2S/c1-2-12-33-28(9-1)19-22-36-45-39(15-8-17-42(45)49-46(33)36)47(32-21-23-41-37(27-32)34-13-3-5-16-40(34)48-41)31-11-7-10-29(25-31)30-20-24-44-38(26-30)35-14-4-6-18-43(35)50-44/h1-27H. The van der Waals surface area contributed by atoms with Gasteiger partial charge in [0, 0.05) is 53.1 Å². The zero-order valence-electron chi connectivity index (χ0n) is 26.8. The Morgan fingerprint density at radius 1 is 0.400 bits per heavy atom. The summed E-state index contributed by atoms with van der Waals surface area (Å²) in [5, 5.41) is 9.25. The first-order chi connectivity index (χ1) is 24.8. The third kappa shape index (κ3) is 4.09. The zero-order valence-corrected chi connectivity index (χ0v) is 27.6. The number of fused-ring (bicyclic) bond motifs is 11. The second kappa shape index (κ2) is 10.6. The van der Waals surface area contributed by atoms with Crippen molar-refractivity contribution in [2.24, 2.45) is 0 Å². The summed E-state index contributed by atoms with van der Waals surface area (Å²) in [6, 6.07) is 58.4. The molecular weight excluding hydrogens is 631 g/mol. The number of hydrogen-bond acceptors (Lipinski definition) is 4. The molecule has 0 bridgehead atoms. The summed E-state index contributed by atoms with van der Waals surface area (Å²) >= 11 is 1.85. The van der Waals surface area contributed by atoms with E-state index in [0.717, 1.165) is 77.3 Å². The van der Waals surface area contributed by atoms with Crippen LogP contribution >= 0.6 is 11.3 Å². The molecule has 4 heteroatoms. The Bertz CT molecular complexity index is 3130. The largest absolute Gasteiger partial charge is 0.456 e. The lowest BCUT2D eigenvalue weighted by atomic mass is 10.0. The minimum Gasteiger partial charge on any atom is -0.456 e. The van der Waals surface area contributed by atoms with Gasteiger partial charge in [-0.2, -0.15) is 0 Å². The van der Waals surface area contributed by atoms with Crippen LogP contribution in [0.1, 0.15) is 0 Å². The van der Waals surface area contributed by atoms with Gasteiger partial charge < -0.3 is 13.7 Å². The van der Waals surface area contributed by atoms with Crippen LogP contribution in [0.25, 0.3) is 85.9 Å². The van der Waals surface area contributed by atoms with Crippen molar-refractivity contribution >= 4 is 103 Å². The first-order valence-corrected chi connectivity index (χ1v) is 17.6. The molecule has 0 aliphatic rings. The third-order valence-electron chi connectivity index (χ3n) is 10.0. The molecule has 0 saturated carbocycles. The van der Waals surface area contributed by atoms with Crippen molar-refractivity contribution < 1.29 is 8.83 Å². The molecule has 8 aromatic carbocycles. The molecule has 0 N–H and O–H groups in total. The van der Waals surface area contributed by atoms with E-state index in [2.05, 4.69) is 157 Å². The number of furan rings is 2. The zero-order chi connectivity index (χ0) is 32.8. The van der Waals surface area contributed by atoms with Gasteiger partial charge in [-0.1, -0.05) is 91.0 Å². The lowest BCUT2D eigenvalue weighted by molar-refractivity contribution is 0.669. The average Bonchev–Trinajstić information content (AvgIpc) is 3.86. The number of para-hydroxylation sites is 1. The maximum atomic E-state index is 6.66. The van der Waals surface area contributed by atoms with Crippen LogP contribution in [-0.4, -0.2) is 0 Å². The van der Waals surface area contributed by atoms with Crippen molar-refractivity contribution in [2.75, 3.05) is 4.90 Å². The minimum atomic E-state index is 0.861. The molecule has 0 radical (unpaired) electrons. The smallest absolute Gasteiger partial charge is 0.143 e. The number of thiophene rings is 1. The van der Waals surface area contributed by atoms with E-state index in [9.17, 15) is 0 Å². The number of nitrogens with zero attached hydrogens (tertiary/aromatic N) is 1. The summed E-state index contributed by atoms with van der Waals surface area (Å²) in [6.07, 6.45) is 0. The van der Waals surface area contributed by atoms with E-state index in [1.807, 2.05) is 23.5 Å². The van der Waals surface area contributed by atoms with Crippen molar-refractivity contribution in [1.29, 1.82) is 0 Å². The molecule has 0 spiro atoms. The third-order valence-corrected chi connectivity index (χ3v) is 11.2. The van der Waals surface area contributed by atoms with Crippen LogP contribution in [0, 0.1) is 0 Å². The monoisotopic (exact) mass is 657 g/mol. The lowest BCUT2D eigenvalue weighted by Crippen LogP contribution is -2.10. The van der Waals surface area contributed by atoms with Crippen molar-refractivity contribution in [3.8, 4) is 11.1 Å². The molecule has 0 aliphatic heterocycles. The molecule has 0 amide bonds. The van der Waals surface area contributed by atoms with Gasteiger partial charge in [-0.25, -0.2) is 0 Å². The summed E-state index contributed by atoms with van der Waals surface area (Å²) < 4.78 is 15.5. The topological polar surface area (TPSA) is 29.5 Å². The summed E-state index contributed by atoms with van der Waals surface area (Å²) in [6.45, 7) is 0. The molecule has 0 unspecified atom stereocenters. The van der Waals surface area contributed by atoms with Gasteiger partial charge in [0.05, 0.1) is 11.1 Å². The first kappa shape index (κ1) is 27.6. The Hall–Kier alpha value is -6.36. The second-order valence-corrected chi connectivity index (χ2v) is 14.0. The fourth-order valence-electron chi connectivity index (χ4n) is 7.73. The van der Waals surface area contributed by atoms with Gasteiger partial charge in [-0.15, -0.1) is 11.3 Å². The number of rotatable bonds is 4. The maximum absolute atomic E-state index is 6.66. The van der Waals surface area contributed by atoms with Crippen LogP contribution in [0.5, 0.6) is 0 Å². The molecule has 0 saturated heterocycles. The summed E-state index contributed by atoms with van der Waals surface area (Å²) in [4.78, 5) is 2.37. The van der Waals surface area contributed by atoms with E-state index in [-0.39, 0.29) is 0 Å². The molecule has 234 valence electrons. The number of hydrogen-bond donors (Lipinski definition) is 0. The first-order valence-electron chi connectivity index (χ1n) is 16.8. The van der Waals surface area contributed by atoms with Gasteiger partial charge >= 0.3 is 0 Å². The molecule has 0 aliphatic carbocycles. The Labute approximate surface area is 290 Å². The van der Waals surface area contributed by atoms with E-state index in [0.29, 0.717) is 0 Å². The molecular formula is C46H27NO2S. The molecule has 3 heterocycles. The van der Waals surface area contributed by atoms with Gasteiger partial charge in [-0.3, -0.25) is 0 Å². The van der Waals surface area contributed by atoms with Crippen LogP contribution in [-0.2, 0) is 0 Å². The predicted octanol–water partition coefficient (Wildman–Crippen LogP) is 14.1. The van der Waals surface area contributed by atoms with Crippen LogP contribution in [0.3, 0.4) is 0 Å². The SMILES string of the molecule is c1cc(-c2ccc3sc4ccccc4c3c2)cc(N(c2ccc3oc4ccccc4c3c2)c2cccc3oc4c5ccccc5ccc4c23)c1. The summed E-state index contributed by atoms with van der Waals surface area (Å²) in [5.74, 6) is 0. The maximum Gasteiger partial charge on any atom is 0.143 e. The highest BCUT2D eigenvalue weighted by atomic mass is 32.1. The molecule has 3 nitrogen and oxygen atoms in total. The highest BCUT2D eigenvalue weighted by molar-refractivity contribution is 7.25. The van der Waals surface area contributed by atoms with E-state index < -0.39 is 0 Å². The predicted molar refractivity (Wildman–Crippen MR) is 212 cm³/mol. The summed E-state index contributed by atoms with van der Waals surface area (Å²) in [5.41, 5.74) is 9.05. The normalized spacial score (nSPS) is 12.0. The molecule has 0 atom stereocenters. The van der Waals surface area contributed by atoms with E-state index in [1.165, 1.54) is 25.7 Å². The Kier molecular flexibility index (Phi) is 5.83. The second-order valence-electron chi connectivity index (χ2n) is 12.9. The van der Waals surface area contributed by atoms with Gasteiger partial charge in [0.1, 0.15) is 22.3 Å². The van der Waals surface area contributed by atoms with Crippen LogP contribution < -0.4 is 4.90 Å². The molecule has 0 fully saturated rings. The van der Waals surface area contributed by atoms with E-state index >= 15 is 0 Å². The van der Waals surface area contributed by atoms with E-state index in [1.54, 1.807) is 0 Å². The van der Waals surface area contributed by atoms with Gasteiger partial charge in [0.2, 0.25) is 0 Å². The number of benzene rings is 8. The van der Waals surface area contributed by atoms with Crippen molar-refractivity contribution in [3.63, 3.8) is 0 Å². The molecule has 50 heavy (non-hydrogen) atoms. The average molecular weight is 658 g/mol. The van der Waals surface area contributed by atoms with Crippen LogP contribution in [0.15, 0.2) is 173 Å². The molecule has 11 aromatic rings. The molecule has 3 aromatic heterocycles. The van der Waals surface area contributed by atoms with Gasteiger partial charge in [0.15, 0.2) is 0 Å². The Morgan fingerprint density at radius 2 is 1.14 bits per heavy atom. The highest BCUT2D eigenvalue weighted by Gasteiger charge is 2.22. The fourth-order valence-corrected chi connectivity index (χ4v) is 8.82. The van der Waals surface area contributed by atoms with Crippen molar-refractivity contribution in [3.05, 3.63) is 164 Å². The number of anilines is 3. The Balaban J connectivity index is 1.17. The van der Waals surface area contributed by atoms with Crippen molar-refractivity contribution in [2.45, 2.75) is 0 Å². The summed E-state index contributed by atoms with van der Waals surface area (Å²) in [7, 11) is 0. The molecule has 11 rings (SSSR count).